The van der Waals surface area contributed by atoms with Gasteiger partial charge in [-0.15, -0.1) is 0 Å². The van der Waals surface area contributed by atoms with Crippen LogP contribution >= 0.6 is 0 Å². The second-order valence-corrected chi connectivity index (χ2v) is 4.73. The number of rotatable bonds is 2. The van der Waals surface area contributed by atoms with Crippen LogP contribution < -0.4 is 0 Å². The molecule has 78 valence electrons. The van der Waals surface area contributed by atoms with E-state index in [-0.39, 0.29) is 18.3 Å². The molecular formula is C11H19BO2. The maximum absolute atomic E-state index is 5.84. The Morgan fingerprint density at radius 2 is 1.57 bits per heavy atom. The zero-order valence-electron chi connectivity index (χ0n) is 9.76. The summed E-state index contributed by atoms with van der Waals surface area (Å²) in [6.45, 7) is 13.8. The van der Waals surface area contributed by atoms with Crippen molar-refractivity contribution in [2.45, 2.75) is 45.8 Å². The molecule has 2 nitrogen and oxygen atoms in total. The van der Waals surface area contributed by atoms with Gasteiger partial charge in [-0.25, -0.2) is 0 Å². The van der Waals surface area contributed by atoms with Crippen molar-refractivity contribution < 1.29 is 9.31 Å². The molecule has 1 aliphatic rings. The van der Waals surface area contributed by atoms with Crippen molar-refractivity contribution in [3.63, 3.8) is 0 Å². The Balaban J connectivity index is 2.83. The highest BCUT2D eigenvalue weighted by Gasteiger charge is 2.51. The fourth-order valence-electron chi connectivity index (χ4n) is 1.29. The molecule has 1 fully saturated rings. The van der Waals surface area contributed by atoms with Gasteiger partial charge in [0.2, 0.25) is 0 Å². The van der Waals surface area contributed by atoms with Crippen molar-refractivity contribution in [2.75, 3.05) is 0 Å². The molecule has 0 aromatic heterocycles. The minimum absolute atomic E-state index is 0.238. The first kappa shape index (κ1) is 11.5. The SMILES string of the molecule is C=C/C=C(\C)B1OC(C)(C)C(C)(C)O1. The van der Waals surface area contributed by atoms with Gasteiger partial charge >= 0.3 is 7.12 Å². The summed E-state index contributed by atoms with van der Waals surface area (Å²) in [7, 11) is -0.238. The third-order valence-corrected chi connectivity index (χ3v) is 3.01. The van der Waals surface area contributed by atoms with E-state index in [1.54, 1.807) is 6.08 Å². The summed E-state index contributed by atoms with van der Waals surface area (Å²) in [6, 6.07) is 0. The van der Waals surface area contributed by atoms with Crippen LogP contribution in [-0.4, -0.2) is 18.3 Å². The maximum Gasteiger partial charge on any atom is 0.490 e. The molecule has 0 atom stereocenters. The largest absolute Gasteiger partial charge is 0.490 e. The van der Waals surface area contributed by atoms with Crippen molar-refractivity contribution in [2.24, 2.45) is 0 Å². The summed E-state index contributed by atoms with van der Waals surface area (Å²) in [6.07, 6.45) is 3.67. The zero-order chi connectivity index (χ0) is 11.0. The van der Waals surface area contributed by atoms with Gasteiger partial charge in [0, 0.05) is 0 Å². The molecule has 1 heterocycles. The smallest absolute Gasteiger partial charge is 0.400 e. The lowest BCUT2D eigenvalue weighted by molar-refractivity contribution is 0.00578. The van der Waals surface area contributed by atoms with Crippen molar-refractivity contribution in [1.29, 1.82) is 0 Å². The monoisotopic (exact) mass is 194 g/mol. The van der Waals surface area contributed by atoms with Crippen LogP contribution in [0.25, 0.3) is 0 Å². The average Bonchev–Trinajstić information content (AvgIpc) is 2.22. The molecule has 0 saturated carbocycles. The number of allylic oxidation sites excluding steroid dienone is 3. The summed E-state index contributed by atoms with van der Waals surface area (Å²) in [5.74, 6) is 0. The van der Waals surface area contributed by atoms with E-state index in [0.717, 1.165) is 5.47 Å². The maximum atomic E-state index is 5.84. The summed E-state index contributed by atoms with van der Waals surface area (Å²) in [5, 5.41) is 0. The normalized spacial score (nSPS) is 25.2. The lowest BCUT2D eigenvalue weighted by Gasteiger charge is -2.32. The molecule has 1 rings (SSSR count). The molecule has 0 aliphatic carbocycles. The Hall–Kier alpha value is -0.535. The Morgan fingerprint density at radius 1 is 1.14 bits per heavy atom. The Bertz CT molecular complexity index is 250. The molecular weight excluding hydrogens is 175 g/mol. The molecule has 0 amide bonds. The summed E-state index contributed by atoms with van der Waals surface area (Å²) in [4.78, 5) is 0. The zero-order valence-corrected chi connectivity index (χ0v) is 9.76. The van der Waals surface area contributed by atoms with E-state index in [9.17, 15) is 0 Å². The van der Waals surface area contributed by atoms with E-state index in [4.69, 9.17) is 9.31 Å². The summed E-state index contributed by atoms with van der Waals surface area (Å²) in [5.41, 5.74) is 0.542. The Kier molecular flexibility index (Phi) is 2.93. The van der Waals surface area contributed by atoms with Crippen LogP contribution in [0, 0.1) is 0 Å². The highest BCUT2D eigenvalue weighted by Crippen LogP contribution is 2.38. The molecule has 0 spiro atoms. The standard InChI is InChI=1S/C11H19BO2/c1-7-8-9(2)12-13-10(3,4)11(5,6)14-12/h7-8H,1H2,2-6H3/b9-8+. The molecule has 0 radical (unpaired) electrons. The first-order valence-corrected chi connectivity index (χ1v) is 4.95. The molecule has 0 aromatic rings. The van der Waals surface area contributed by atoms with Crippen LogP contribution in [0.2, 0.25) is 0 Å². The molecule has 0 unspecified atom stereocenters. The van der Waals surface area contributed by atoms with Gasteiger partial charge in [0.25, 0.3) is 0 Å². The van der Waals surface area contributed by atoms with E-state index in [0.29, 0.717) is 0 Å². The first-order valence-electron chi connectivity index (χ1n) is 4.95. The minimum Gasteiger partial charge on any atom is -0.400 e. The lowest BCUT2D eigenvalue weighted by Crippen LogP contribution is -2.41. The molecule has 1 aliphatic heterocycles. The predicted molar refractivity (Wildman–Crippen MR) is 60.0 cm³/mol. The fourth-order valence-corrected chi connectivity index (χ4v) is 1.29. The van der Waals surface area contributed by atoms with Crippen molar-refractivity contribution in [3.05, 3.63) is 24.2 Å². The van der Waals surface area contributed by atoms with Crippen molar-refractivity contribution >= 4 is 7.12 Å². The quantitative estimate of drug-likeness (QED) is 0.497. The van der Waals surface area contributed by atoms with Crippen molar-refractivity contribution in [1.82, 2.24) is 0 Å². The highest BCUT2D eigenvalue weighted by atomic mass is 16.7. The highest BCUT2D eigenvalue weighted by molar-refractivity contribution is 6.54. The average molecular weight is 194 g/mol. The van der Waals surface area contributed by atoms with Gasteiger partial charge in [-0.1, -0.05) is 18.7 Å². The van der Waals surface area contributed by atoms with Gasteiger partial charge < -0.3 is 9.31 Å². The number of hydrogen-bond donors (Lipinski definition) is 0. The van der Waals surface area contributed by atoms with Crippen LogP contribution in [0.3, 0.4) is 0 Å². The topological polar surface area (TPSA) is 18.5 Å². The third-order valence-electron chi connectivity index (χ3n) is 3.01. The van der Waals surface area contributed by atoms with Crippen LogP contribution in [-0.2, 0) is 9.31 Å². The second-order valence-electron chi connectivity index (χ2n) is 4.73. The predicted octanol–water partition coefficient (Wildman–Crippen LogP) is 2.75. The van der Waals surface area contributed by atoms with Crippen LogP contribution in [0.4, 0.5) is 0 Å². The van der Waals surface area contributed by atoms with Gasteiger partial charge in [0.05, 0.1) is 11.2 Å². The van der Waals surface area contributed by atoms with Crippen molar-refractivity contribution in [3.8, 4) is 0 Å². The first-order chi connectivity index (χ1) is 6.30. The van der Waals surface area contributed by atoms with E-state index >= 15 is 0 Å². The Morgan fingerprint density at radius 3 is 1.93 bits per heavy atom. The second kappa shape index (κ2) is 3.56. The third kappa shape index (κ3) is 1.94. The van der Waals surface area contributed by atoms with Crippen LogP contribution in [0.5, 0.6) is 0 Å². The minimum atomic E-state index is -0.256. The Labute approximate surface area is 87.1 Å². The molecule has 1 saturated heterocycles. The van der Waals surface area contributed by atoms with Gasteiger partial charge in [-0.05, 0) is 40.1 Å². The fraction of sp³-hybridized carbons (Fsp3) is 0.636. The number of hydrogen-bond acceptors (Lipinski definition) is 2. The van der Waals surface area contributed by atoms with Gasteiger partial charge in [0.15, 0.2) is 0 Å². The van der Waals surface area contributed by atoms with Gasteiger partial charge in [-0.3, -0.25) is 0 Å². The van der Waals surface area contributed by atoms with Gasteiger partial charge in [0.1, 0.15) is 0 Å². The van der Waals surface area contributed by atoms with Crippen LogP contribution in [0.1, 0.15) is 34.6 Å². The summed E-state index contributed by atoms with van der Waals surface area (Å²) >= 11 is 0. The van der Waals surface area contributed by atoms with E-state index in [1.165, 1.54) is 0 Å². The van der Waals surface area contributed by atoms with Gasteiger partial charge in [-0.2, -0.15) is 0 Å². The van der Waals surface area contributed by atoms with Crippen LogP contribution in [0.15, 0.2) is 24.2 Å². The van der Waals surface area contributed by atoms with E-state index in [2.05, 4.69) is 6.58 Å². The van der Waals surface area contributed by atoms with E-state index < -0.39 is 0 Å². The molecule has 0 bridgehead atoms. The molecule has 14 heavy (non-hydrogen) atoms. The molecule has 3 heteroatoms. The summed E-state index contributed by atoms with van der Waals surface area (Å²) < 4.78 is 11.7. The molecule has 0 N–H and O–H groups in total. The van der Waals surface area contributed by atoms with E-state index in [1.807, 2.05) is 40.7 Å². The molecule has 0 aromatic carbocycles. The lowest BCUT2D eigenvalue weighted by atomic mass is 9.79.